The lowest BCUT2D eigenvalue weighted by molar-refractivity contribution is 0.712. The van der Waals surface area contributed by atoms with Crippen LogP contribution >= 0.6 is 0 Å². The van der Waals surface area contributed by atoms with Crippen molar-refractivity contribution < 1.29 is 0 Å². The molecular weight excluding hydrogens is 110 g/mol. The minimum absolute atomic E-state index is 1.04. The molecule has 1 nitrogen and oxygen atoms in total. The smallest absolute Gasteiger partial charge is 0.0140 e. The largest absolute Gasteiger partial charge is 0.313 e. The van der Waals surface area contributed by atoms with Gasteiger partial charge in [-0.25, -0.2) is 0 Å². The summed E-state index contributed by atoms with van der Waals surface area (Å²) in [6.07, 6.45) is 7.70. The van der Waals surface area contributed by atoms with E-state index in [0.29, 0.717) is 0 Å². The Hall–Kier alpha value is -0.560. The summed E-state index contributed by atoms with van der Waals surface area (Å²) in [5, 5.41) is 3.26. The molecule has 1 N–H and O–H groups in total. The van der Waals surface area contributed by atoms with Crippen molar-refractivity contribution in [3.63, 3.8) is 0 Å². The van der Waals surface area contributed by atoms with Gasteiger partial charge in [-0.2, -0.15) is 0 Å². The molecule has 0 aliphatic carbocycles. The topological polar surface area (TPSA) is 12.0 Å². The molecule has 50 valence electrons. The summed E-state index contributed by atoms with van der Waals surface area (Å²) in [7, 11) is 0. The maximum atomic E-state index is 3.26. The summed E-state index contributed by atoms with van der Waals surface area (Å²) in [4.78, 5) is 0. The molecule has 0 fully saturated rings. The maximum Gasteiger partial charge on any atom is 0.0140 e. The van der Waals surface area contributed by atoms with Gasteiger partial charge in [0.1, 0.15) is 0 Å². The van der Waals surface area contributed by atoms with E-state index in [9.17, 15) is 0 Å². The van der Waals surface area contributed by atoms with Gasteiger partial charge in [-0.05, 0) is 25.5 Å². The Bertz CT molecular complexity index is 134. The highest BCUT2D eigenvalue weighted by Gasteiger charge is 1.96. The minimum Gasteiger partial charge on any atom is -0.313 e. The highest BCUT2D eigenvalue weighted by molar-refractivity contribution is 5.20. The molecule has 1 aliphatic heterocycles. The number of rotatable bonds is 1. The summed E-state index contributed by atoms with van der Waals surface area (Å²) >= 11 is 0. The van der Waals surface area contributed by atoms with Gasteiger partial charge in [0, 0.05) is 6.54 Å². The third-order valence-corrected chi connectivity index (χ3v) is 1.48. The Morgan fingerprint density at radius 3 is 3.11 bits per heavy atom. The molecule has 0 aromatic rings. The Labute approximate surface area is 56.5 Å². The molecule has 0 atom stereocenters. The van der Waals surface area contributed by atoms with E-state index in [1.165, 1.54) is 12.0 Å². The molecular formula is C8H13N. The average Bonchev–Trinajstić information content (AvgIpc) is 1.91. The molecule has 0 bridgehead atoms. The normalized spacial score (nSPS) is 20.3. The predicted molar refractivity (Wildman–Crippen MR) is 40.4 cm³/mol. The summed E-state index contributed by atoms with van der Waals surface area (Å²) < 4.78 is 0. The second-order valence-electron chi connectivity index (χ2n) is 2.23. The first kappa shape index (κ1) is 6.56. The molecule has 1 rings (SSSR count). The van der Waals surface area contributed by atoms with Crippen molar-refractivity contribution in [3.8, 4) is 0 Å². The first-order valence-electron chi connectivity index (χ1n) is 3.46. The van der Waals surface area contributed by atoms with Gasteiger partial charge < -0.3 is 5.32 Å². The SMILES string of the molecule is C/C=C/C1=CCNCC1. The van der Waals surface area contributed by atoms with Crippen LogP contribution in [0.25, 0.3) is 0 Å². The summed E-state index contributed by atoms with van der Waals surface area (Å²) in [6.45, 7) is 4.23. The van der Waals surface area contributed by atoms with Crippen LogP contribution < -0.4 is 5.32 Å². The zero-order valence-electron chi connectivity index (χ0n) is 5.85. The van der Waals surface area contributed by atoms with Gasteiger partial charge in [0.25, 0.3) is 0 Å². The molecule has 0 aromatic carbocycles. The Kier molecular flexibility index (Phi) is 2.52. The Morgan fingerprint density at radius 2 is 2.56 bits per heavy atom. The van der Waals surface area contributed by atoms with E-state index in [-0.39, 0.29) is 0 Å². The van der Waals surface area contributed by atoms with Crippen LogP contribution in [0.1, 0.15) is 13.3 Å². The van der Waals surface area contributed by atoms with E-state index in [1.54, 1.807) is 0 Å². The minimum atomic E-state index is 1.04. The van der Waals surface area contributed by atoms with Crippen LogP contribution in [0.5, 0.6) is 0 Å². The van der Waals surface area contributed by atoms with E-state index >= 15 is 0 Å². The molecule has 1 aliphatic rings. The molecule has 0 unspecified atom stereocenters. The van der Waals surface area contributed by atoms with E-state index in [4.69, 9.17) is 0 Å². The predicted octanol–water partition coefficient (Wildman–Crippen LogP) is 1.48. The number of hydrogen-bond donors (Lipinski definition) is 1. The summed E-state index contributed by atoms with van der Waals surface area (Å²) in [5.74, 6) is 0. The Morgan fingerprint density at radius 1 is 1.67 bits per heavy atom. The maximum absolute atomic E-state index is 3.26. The zero-order chi connectivity index (χ0) is 6.53. The van der Waals surface area contributed by atoms with Crippen molar-refractivity contribution in [3.05, 3.63) is 23.8 Å². The number of hydrogen-bond acceptors (Lipinski definition) is 1. The lowest BCUT2D eigenvalue weighted by atomic mass is 10.1. The van der Waals surface area contributed by atoms with Crippen LogP contribution in [0.4, 0.5) is 0 Å². The molecule has 9 heavy (non-hydrogen) atoms. The molecule has 0 spiro atoms. The number of nitrogens with one attached hydrogen (secondary N) is 1. The van der Waals surface area contributed by atoms with Crippen LogP contribution in [-0.4, -0.2) is 13.1 Å². The highest BCUT2D eigenvalue weighted by atomic mass is 14.8. The van der Waals surface area contributed by atoms with Crippen molar-refractivity contribution in [1.82, 2.24) is 5.32 Å². The fraction of sp³-hybridized carbons (Fsp3) is 0.500. The van der Waals surface area contributed by atoms with Crippen LogP contribution in [0.3, 0.4) is 0 Å². The van der Waals surface area contributed by atoms with Gasteiger partial charge in [0.05, 0.1) is 0 Å². The number of allylic oxidation sites excluding steroid dienone is 2. The molecule has 0 saturated heterocycles. The van der Waals surface area contributed by atoms with Gasteiger partial charge in [-0.3, -0.25) is 0 Å². The molecule has 1 heterocycles. The van der Waals surface area contributed by atoms with Gasteiger partial charge in [-0.1, -0.05) is 18.2 Å². The van der Waals surface area contributed by atoms with Crippen LogP contribution in [-0.2, 0) is 0 Å². The molecule has 1 heteroatoms. The fourth-order valence-corrected chi connectivity index (χ4v) is 1.01. The second-order valence-corrected chi connectivity index (χ2v) is 2.23. The van der Waals surface area contributed by atoms with Crippen molar-refractivity contribution in [2.45, 2.75) is 13.3 Å². The van der Waals surface area contributed by atoms with Crippen molar-refractivity contribution in [2.24, 2.45) is 0 Å². The molecule has 0 aromatic heterocycles. The molecule has 0 radical (unpaired) electrons. The molecule has 0 amide bonds. The van der Waals surface area contributed by atoms with Crippen molar-refractivity contribution >= 4 is 0 Å². The third kappa shape index (κ3) is 2.02. The van der Waals surface area contributed by atoms with Crippen molar-refractivity contribution in [2.75, 3.05) is 13.1 Å². The standard InChI is InChI=1S/C8H13N/c1-2-3-8-4-6-9-7-5-8/h2-4,9H,5-7H2,1H3/b3-2+. The second kappa shape index (κ2) is 3.46. The van der Waals surface area contributed by atoms with Gasteiger partial charge >= 0.3 is 0 Å². The monoisotopic (exact) mass is 123 g/mol. The van der Waals surface area contributed by atoms with E-state index < -0.39 is 0 Å². The fourth-order valence-electron chi connectivity index (χ4n) is 1.01. The first-order chi connectivity index (χ1) is 4.43. The third-order valence-electron chi connectivity index (χ3n) is 1.48. The lowest BCUT2D eigenvalue weighted by Crippen LogP contribution is -2.19. The van der Waals surface area contributed by atoms with Gasteiger partial charge in [-0.15, -0.1) is 0 Å². The van der Waals surface area contributed by atoms with Gasteiger partial charge in [0.15, 0.2) is 0 Å². The van der Waals surface area contributed by atoms with Gasteiger partial charge in [0.2, 0.25) is 0 Å². The van der Waals surface area contributed by atoms with Crippen LogP contribution in [0, 0.1) is 0 Å². The van der Waals surface area contributed by atoms with E-state index in [1.807, 2.05) is 0 Å². The quantitative estimate of drug-likeness (QED) is 0.557. The van der Waals surface area contributed by atoms with Crippen LogP contribution in [0.15, 0.2) is 23.8 Å². The highest BCUT2D eigenvalue weighted by Crippen LogP contribution is 2.04. The zero-order valence-corrected chi connectivity index (χ0v) is 5.85. The lowest BCUT2D eigenvalue weighted by Gasteiger charge is -2.09. The summed E-state index contributed by atoms with van der Waals surface area (Å²) in [5.41, 5.74) is 1.47. The Balaban J connectivity index is 2.46. The van der Waals surface area contributed by atoms with Crippen molar-refractivity contribution in [1.29, 1.82) is 0 Å². The van der Waals surface area contributed by atoms with Crippen LogP contribution in [0.2, 0.25) is 0 Å². The van der Waals surface area contributed by atoms with E-state index in [2.05, 4.69) is 30.5 Å². The first-order valence-corrected chi connectivity index (χ1v) is 3.46. The molecule has 0 saturated carbocycles. The average molecular weight is 123 g/mol. The van der Waals surface area contributed by atoms with E-state index in [0.717, 1.165) is 13.1 Å². The summed E-state index contributed by atoms with van der Waals surface area (Å²) in [6, 6.07) is 0.